The van der Waals surface area contributed by atoms with Gasteiger partial charge in [0.15, 0.2) is 23.1 Å². The van der Waals surface area contributed by atoms with Gasteiger partial charge in [0.1, 0.15) is 36.7 Å². The molecule has 3 aromatic heterocycles. The van der Waals surface area contributed by atoms with Crippen LogP contribution in [-0.4, -0.2) is 125 Å². The van der Waals surface area contributed by atoms with Crippen LogP contribution in [0.15, 0.2) is 35.5 Å². The predicted octanol–water partition coefficient (Wildman–Crippen LogP) is -0.497. The monoisotopic (exact) mass is 712 g/mol. The first-order valence-electron chi connectivity index (χ1n) is 16.2. The number of aromatic nitrogens is 9. The molecule has 0 atom stereocenters. The summed E-state index contributed by atoms with van der Waals surface area (Å²) in [5, 5.41) is 25.9. The molecule has 0 unspecified atom stereocenters. The fourth-order valence-corrected chi connectivity index (χ4v) is 4.86. The van der Waals surface area contributed by atoms with Gasteiger partial charge >= 0.3 is 0 Å². The zero-order chi connectivity index (χ0) is 36.6. The summed E-state index contributed by atoms with van der Waals surface area (Å²) in [6.45, 7) is 7.49. The molecule has 0 fully saturated rings. The molecule has 0 aliphatic carbocycles. The summed E-state index contributed by atoms with van der Waals surface area (Å²) in [6, 6.07) is 0. The predicted molar refractivity (Wildman–Crippen MR) is 176 cm³/mol. The number of Topliss-reactive ketones (excluding diaryl/α,β-unsaturated/α-hetero) is 4. The van der Waals surface area contributed by atoms with Crippen LogP contribution < -0.4 is 5.43 Å². The molecular weight excluding hydrogens is 668 g/mol. The molecule has 20 nitrogen and oxygen atoms in total. The van der Waals surface area contributed by atoms with Crippen molar-refractivity contribution in [3.8, 4) is 0 Å². The zero-order valence-corrected chi connectivity index (χ0v) is 29.3. The average molecular weight is 713 g/mol. The van der Waals surface area contributed by atoms with Gasteiger partial charge in [-0.15, -0.1) is 15.3 Å². The van der Waals surface area contributed by atoms with E-state index in [4.69, 9.17) is 18.9 Å². The van der Waals surface area contributed by atoms with Crippen LogP contribution in [0.1, 0.15) is 44.8 Å². The number of ketones is 4. The van der Waals surface area contributed by atoms with Crippen molar-refractivity contribution >= 4 is 29.3 Å². The minimum absolute atomic E-state index is 0.0182. The number of aliphatic imine (C=N–C) groups is 1. The van der Waals surface area contributed by atoms with Gasteiger partial charge in [-0.2, -0.15) is 0 Å². The number of rotatable bonds is 24. The third-order valence-electron chi connectivity index (χ3n) is 6.89. The third kappa shape index (κ3) is 14.1. The smallest absolute Gasteiger partial charge is 0.151 e. The van der Waals surface area contributed by atoms with Crippen LogP contribution in [0.2, 0.25) is 0 Å². The molecule has 0 bridgehead atoms. The largest absolute Gasteiger partial charge is 0.374 e. The van der Waals surface area contributed by atoms with Crippen molar-refractivity contribution in [2.24, 2.45) is 10.4 Å². The lowest BCUT2D eigenvalue weighted by molar-refractivity contribution is -0.118. The number of hydrazine groups is 1. The first-order valence-corrected chi connectivity index (χ1v) is 16.2. The molecule has 4 rings (SSSR count). The summed E-state index contributed by atoms with van der Waals surface area (Å²) in [5.41, 5.74) is 4.33. The van der Waals surface area contributed by atoms with Gasteiger partial charge in [-0.1, -0.05) is 15.6 Å². The maximum Gasteiger partial charge on any atom is 0.151 e. The Labute approximate surface area is 294 Å². The highest BCUT2D eigenvalue weighted by Gasteiger charge is 2.33. The molecule has 0 aromatic carbocycles. The molecule has 1 aliphatic rings. The van der Waals surface area contributed by atoms with Gasteiger partial charge in [-0.25, -0.2) is 19.5 Å². The lowest BCUT2D eigenvalue weighted by Crippen LogP contribution is -2.42. The molecule has 3 aromatic rings. The van der Waals surface area contributed by atoms with Crippen LogP contribution in [0.4, 0.5) is 0 Å². The highest BCUT2D eigenvalue weighted by molar-refractivity contribution is 5.78. The number of hydrogen-bond donors (Lipinski definition) is 1. The summed E-state index contributed by atoms with van der Waals surface area (Å²) >= 11 is 0. The van der Waals surface area contributed by atoms with Crippen LogP contribution in [-0.2, 0) is 77.6 Å². The number of carbonyl (C=O) groups is 4. The normalized spacial score (nSPS) is 13.3. The van der Waals surface area contributed by atoms with E-state index in [-0.39, 0.29) is 102 Å². The topological polar surface area (TPSA) is 225 Å². The molecule has 0 saturated heterocycles. The molecule has 276 valence electrons. The maximum absolute atomic E-state index is 11.7. The molecule has 0 saturated carbocycles. The second kappa shape index (κ2) is 19.5. The number of carbonyl (C=O) groups excluding carboxylic acids is 4. The van der Waals surface area contributed by atoms with E-state index in [1.165, 1.54) is 41.7 Å². The third-order valence-corrected chi connectivity index (χ3v) is 6.89. The second-order valence-electron chi connectivity index (χ2n) is 12.4. The number of nitrogens with one attached hydrogen (secondary N) is 1. The standard InChI is InChI=1S/C31H44N12O8/c1-23(44)7-40-11-27(32-5-6-33-40)15-48-19-31(20-49-16-28-12-41(37-34-28)8-24(2)45,21-50-17-29-13-42(38-35-29)9-25(3)46)22-51-18-30-14-43(39-36-30)10-26(4)47/h5,11-14,33H,6-10,15-22H2,1-4H3. The van der Waals surface area contributed by atoms with Gasteiger partial charge in [-0.05, 0) is 27.7 Å². The first-order chi connectivity index (χ1) is 24.5. The molecule has 1 N–H and O–H groups in total. The molecule has 0 spiro atoms. The fraction of sp³-hybridized carbons (Fsp3) is 0.581. The first kappa shape index (κ1) is 38.9. The summed E-state index contributed by atoms with van der Waals surface area (Å²) in [6.07, 6.45) is 8.32. The Morgan fingerprint density at radius 1 is 0.627 bits per heavy atom. The average Bonchev–Trinajstić information content (AvgIpc) is 3.76. The zero-order valence-electron chi connectivity index (χ0n) is 29.3. The number of ether oxygens (including phenoxy) is 4. The SMILES string of the molecule is CC(=O)CN1C=C(COCC(COCc2cn(CC(C)=O)nn2)(COCc2cn(CC(C)=O)nn2)COCc2cn(CC(C)=O)nn2)N=CCN1. The maximum atomic E-state index is 11.7. The van der Waals surface area contributed by atoms with Gasteiger partial charge in [0.2, 0.25) is 0 Å². The van der Waals surface area contributed by atoms with Crippen LogP contribution in [0.3, 0.4) is 0 Å². The van der Waals surface area contributed by atoms with Crippen LogP contribution in [0.25, 0.3) is 0 Å². The van der Waals surface area contributed by atoms with E-state index < -0.39 is 5.41 Å². The Bertz CT molecular complexity index is 1530. The van der Waals surface area contributed by atoms with Gasteiger partial charge < -0.3 is 24.0 Å². The quantitative estimate of drug-likeness (QED) is 0.124. The number of hydrogen-bond acceptors (Lipinski definition) is 17. The Hall–Kier alpha value is -4.89. The second-order valence-corrected chi connectivity index (χ2v) is 12.4. The van der Waals surface area contributed by atoms with E-state index in [0.717, 1.165) is 0 Å². The fourth-order valence-electron chi connectivity index (χ4n) is 4.86. The molecule has 51 heavy (non-hydrogen) atoms. The molecule has 20 heteroatoms. The van der Waals surface area contributed by atoms with Crippen molar-refractivity contribution in [3.63, 3.8) is 0 Å². The summed E-state index contributed by atoms with van der Waals surface area (Å²) in [5.74, 6) is -0.202. The van der Waals surface area contributed by atoms with Crippen molar-refractivity contribution in [2.45, 2.75) is 67.1 Å². The molecule has 1 aliphatic heterocycles. The Morgan fingerprint density at radius 3 is 1.41 bits per heavy atom. The van der Waals surface area contributed by atoms with E-state index in [1.807, 2.05) is 0 Å². The Morgan fingerprint density at radius 2 is 1.02 bits per heavy atom. The van der Waals surface area contributed by atoms with Gasteiger partial charge in [0.25, 0.3) is 0 Å². The van der Waals surface area contributed by atoms with Crippen LogP contribution >= 0.6 is 0 Å². The molecule has 0 amide bonds. The van der Waals surface area contributed by atoms with Crippen LogP contribution in [0, 0.1) is 5.41 Å². The summed E-state index contributed by atoms with van der Waals surface area (Å²) in [7, 11) is 0. The number of nitrogens with zero attached hydrogens (tertiary/aromatic N) is 11. The van der Waals surface area contributed by atoms with Crippen molar-refractivity contribution in [2.75, 3.05) is 46.1 Å². The minimum Gasteiger partial charge on any atom is -0.374 e. The van der Waals surface area contributed by atoms with E-state index in [0.29, 0.717) is 29.3 Å². The van der Waals surface area contributed by atoms with Gasteiger partial charge in [0.05, 0.1) is 95.6 Å². The molecular formula is C31H44N12O8. The van der Waals surface area contributed by atoms with Crippen molar-refractivity contribution in [1.29, 1.82) is 0 Å². The van der Waals surface area contributed by atoms with E-state index in [1.54, 1.807) is 36.0 Å². The van der Waals surface area contributed by atoms with Crippen molar-refractivity contribution in [1.82, 2.24) is 55.4 Å². The van der Waals surface area contributed by atoms with E-state index >= 15 is 0 Å². The highest BCUT2D eigenvalue weighted by Crippen LogP contribution is 2.23. The van der Waals surface area contributed by atoms with Crippen molar-refractivity contribution in [3.05, 3.63) is 47.6 Å². The van der Waals surface area contributed by atoms with Crippen LogP contribution in [0.5, 0.6) is 0 Å². The van der Waals surface area contributed by atoms with E-state index in [9.17, 15) is 19.2 Å². The van der Waals surface area contributed by atoms with E-state index in [2.05, 4.69) is 41.4 Å². The lowest BCUT2D eigenvalue weighted by Gasteiger charge is -2.32. The minimum atomic E-state index is -0.910. The van der Waals surface area contributed by atoms with Gasteiger partial charge in [0, 0.05) is 12.4 Å². The summed E-state index contributed by atoms with van der Waals surface area (Å²) < 4.78 is 29.0. The Balaban J connectivity index is 1.50. The summed E-state index contributed by atoms with van der Waals surface area (Å²) in [4.78, 5) is 50.8. The van der Waals surface area contributed by atoms with Crippen molar-refractivity contribution < 1.29 is 38.1 Å². The highest BCUT2D eigenvalue weighted by atomic mass is 16.5. The molecule has 4 heterocycles. The Kier molecular flexibility index (Phi) is 14.9. The lowest BCUT2D eigenvalue weighted by atomic mass is 9.92. The molecule has 0 radical (unpaired) electrons. The van der Waals surface area contributed by atoms with Gasteiger partial charge in [-0.3, -0.25) is 24.2 Å².